The van der Waals surface area contributed by atoms with Crippen molar-refractivity contribution in [2.45, 2.75) is 33.4 Å². The fourth-order valence-corrected chi connectivity index (χ4v) is 2.80. The monoisotopic (exact) mass is 349 g/mol. The first-order valence-corrected chi connectivity index (χ1v) is 8.58. The number of nitrogens with one attached hydrogen (secondary N) is 1. The molecule has 0 aliphatic heterocycles. The molecule has 0 amide bonds. The third kappa shape index (κ3) is 3.86. The molecule has 0 aliphatic carbocycles. The summed E-state index contributed by atoms with van der Waals surface area (Å²) in [6.07, 6.45) is 3.33. The van der Waals surface area contributed by atoms with Gasteiger partial charge in [0.25, 0.3) is 5.56 Å². The number of aryl methyl sites for hydroxylation is 1. The van der Waals surface area contributed by atoms with E-state index in [2.05, 4.69) is 50.9 Å². The van der Waals surface area contributed by atoms with Gasteiger partial charge in [0.1, 0.15) is 12.2 Å². The molecule has 0 saturated heterocycles. The Morgan fingerprint density at radius 3 is 2.73 bits per heavy atom. The van der Waals surface area contributed by atoms with Gasteiger partial charge in [0.2, 0.25) is 0 Å². The zero-order chi connectivity index (χ0) is 18.7. The molecule has 3 aromatic rings. The van der Waals surface area contributed by atoms with Crippen molar-refractivity contribution in [3.05, 3.63) is 75.7 Å². The summed E-state index contributed by atoms with van der Waals surface area (Å²) in [5, 5.41) is 0. The van der Waals surface area contributed by atoms with Crippen LogP contribution in [-0.2, 0) is 6.54 Å². The van der Waals surface area contributed by atoms with Crippen molar-refractivity contribution >= 4 is 0 Å². The van der Waals surface area contributed by atoms with Crippen LogP contribution in [0.2, 0.25) is 0 Å². The molecule has 0 radical (unpaired) electrons. The third-order valence-electron chi connectivity index (χ3n) is 4.72. The van der Waals surface area contributed by atoms with E-state index in [4.69, 9.17) is 0 Å². The Hall–Kier alpha value is -2.86. The number of hydrogen-bond acceptors (Lipinski definition) is 5. The van der Waals surface area contributed by atoms with Crippen LogP contribution in [0.3, 0.4) is 0 Å². The highest BCUT2D eigenvalue weighted by atomic mass is 16.1. The molecule has 2 heterocycles. The molecule has 1 N–H and O–H groups in total. The minimum absolute atomic E-state index is 0.0904. The number of nitrogens with zero attached hydrogens (tertiary/aromatic N) is 4. The summed E-state index contributed by atoms with van der Waals surface area (Å²) >= 11 is 0. The molecule has 2 aromatic heterocycles. The van der Waals surface area contributed by atoms with E-state index in [1.165, 1.54) is 0 Å². The zero-order valence-electron chi connectivity index (χ0n) is 15.5. The first kappa shape index (κ1) is 17.9. The average Bonchev–Trinajstić information content (AvgIpc) is 2.66. The summed E-state index contributed by atoms with van der Waals surface area (Å²) in [5.74, 6) is 0.603. The number of hydrogen-bond donors (Lipinski definition) is 1. The topological polar surface area (TPSA) is 74.8 Å². The smallest absolute Gasteiger partial charge is 0.254 e. The van der Waals surface area contributed by atoms with Crippen molar-refractivity contribution in [3.63, 3.8) is 0 Å². The van der Waals surface area contributed by atoms with E-state index in [0.717, 1.165) is 29.1 Å². The Bertz CT molecular complexity index is 952. The first-order valence-electron chi connectivity index (χ1n) is 8.58. The van der Waals surface area contributed by atoms with Crippen molar-refractivity contribution in [3.8, 4) is 11.4 Å². The minimum atomic E-state index is -0.0904. The largest absolute Gasteiger partial charge is 0.306 e. The van der Waals surface area contributed by atoms with E-state index >= 15 is 0 Å². The second-order valence-corrected chi connectivity index (χ2v) is 6.55. The lowest BCUT2D eigenvalue weighted by atomic mass is 10.1. The predicted molar refractivity (Wildman–Crippen MR) is 102 cm³/mol. The highest BCUT2D eigenvalue weighted by Gasteiger charge is 2.14. The quantitative estimate of drug-likeness (QED) is 0.766. The SMILES string of the molecule is Cc1nc(-c2cccc(CN(C)C(C)c3ccncn3)c2)[nH]c(=O)c1C. The first-order chi connectivity index (χ1) is 12.5. The summed E-state index contributed by atoms with van der Waals surface area (Å²) in [6.45, 7) is 6.52. The Kier molecular flexibility index (Phi) is 5.23. The van der Waals surface area contributed by atoms with E-state index in [-0.39, 0.29) is 11.6 Å². The van der Waals surface area contributed by atoms with E-state index in [9.17, 15) is 4.79 Å². The van der Waals surface area contributed by atoms with Gasteiger partial charge < -0.3 is 4.98 Å². The maximum Gasteiger partial charge on any atom is 0.254 e. The molecular weight excluding hydrogens is 326 g/mol. The van der Waals surface area contributed by atoms with Crippen molar-refractivity contribution in [1.82, 2.24) is 24.8 Å². The minimum Gasteiger partial charge on any atom is -0.306 e. The van der Waals surface area contributed by atoms with Crippen LogP contribution in [0.25, 0.3) is 11.4 Å². The molecule has 26 heavy (non-hydrogen) atoms. The summed E-state index contributed by atoms with van der Waals surface area (Å²) < 4.78 is 0. The van der Waals surface area contributed by atoms with E-state index < -0.39 is 0 Å². The molecule has 0 saturated carbocycles. The van der Waals surface area contributed by atoms with Gasteiger partial charge >= 0.3 is 0 Å². The summed E-state index contributed by atoms with van der Waals surface area (Å²) in [4.78, 5) is 29.9. The molecule has 1 aromatic carbocycles. The molecule has 0 fully saturated rings. The Labute approximate surface area is 153 Å². The normalized spacial score (nSPS) is 12.3. The van der Waals surface area contributed by atoms with Crippen LogP contribution in [0, 0.1) is 13.8 Å². The van der Waals surface area contributed by atoms with E-state index in [1.54, 1.807) is 19.4 Å². The Balaban J connectivity index is 1.83. The number of benzene rings is 1. The highest BCUT2D eigenvalue weighted by Crippen LogP contribution is 2.21. The van der Waals surface area contributed by atoms with E-state index in [0.29, 0.717) is 11.4 Å². The molecule has 3 rings (SSSR count). The van der Waals surface area contributed by atoms with Gasteiger partial charge in [-0.1, -0.05) is 18.2 Å². The van der Waals surface area contributed by atoms with Crippen molar-refractivity contribution < 1.29 is 0 Å². The maximum atomic E-state index is 12.0. The molecule has 1 atom stereocenters. The van der Waals surface area contributed by atoms with Gasteiger partial charge in [0, 0.05) is 35.6 Å². The van der Waals surface area contributed by atoms with Gasteiger partial charge in [-0.3, -0.25) is 9.69 Å². The molecule has 0 aliphatic rings. The third-order valence-corrected chi connectivity index (χ3v) is 4.72. The van der Waals surface area contributed by atoms with E-state index in [1.807, 2.05) is 25.1 Å². The van der Waals surface area contributed by atoms with Crippen molar-refractivity contribution in [2.24, 2.45) is 0 Å². The van der Waals surface area contributed by atoms with Crippen molar-refractivity contribution in [2.75, 3.05) is 7.05 Å². The van der Waals surface area contributed by atoms with Crippen LogP contribution in [0.1, 0.15) is 35.5 Å². The molecule has 1 unspecified atom stereocenters. The summed E-state index contributed by atoms with van der Waals surface area (Å²) in [5.41, 5.74) is 4.36. The number of H-pyrrole nitrogens is 1. The van der Waals surface area contributed by atoms with Gasteiger partial charge in [-0.2, -0.15) is 0 Å². The van der Waals surface area contributed by atoms with Gasteiger partial charge in [-0.25, -0.2) is 15.0 Å². The van der Waals surface area contributed by atoms with Crippen LogP contribution >= 0.6 is 0 Å². The molecule has 6 nitrogen and oxygen atoms in total. The van der Waals surface area contributed by atoms with Gasteiger partial charge in [0.15, 0.2) is 0 Å². The Morgan fingerprint density at radius 1 is 1.23 bits per heavy atom. The van der Waals surface area contributed by atoms with Crippen LogP contribution < -0.4 is 5.56 Å². The van der Waals surface area contributed by atoms with Gasteiger partial charge in [-0.05, 0) is 45.5 Å². The number of rotatable bonds is 5. The summed E-state index contributed by atoms with van der Waals surface area (Å²) in [6, 6.07) is 10.2. The lowest BCUT2D eigenvalue weighted by Crippen LogP contribution is -2.22. The highest BCUT2D eigenvalue weighted by molar-refractivity contribution is 5.56. The second-order valence-electron chi connectivity index (χ2n) is 6.55. The van der Waals surface area contributed by atoms with Crippen LogP contribution in [0.4, 0.5) is 0 Å². The summed E-state index contributed by atoms with van der Waals surface area (Å²) in [7, 11) is 2.07. The zero-order valence-corrected chi connectivity index (χ0v) is 15.5. The Morgan fingerprint density at radius 2 is 2.04 bits per heavy atom. The van der Waals surface area contributed by atoms with Crippen LogP contribution in [0.5, 0.6) is 0 Å². The number of aromatic amines is 1. The van der Waals surface area contributed by atoms with Gasteiger partial charge in [-0.15, -0.1) is 0 Å². The average molecular weight is 349 g/mol. The molecular formula is C20H23N5O. The lowest BCUT2D eigenvalue weighted by molar-refractivity contribution is 0.248. The molecule has 134 valence electrons. The predicted octanol–water partition coefficient (Wildman–Crippen LogP) is 3.04. The maximum absolute atomic E-state index is 12.0. The standard InChI is InChI=1S/C20H23N5O/c1-13-14(2)23-19(24-20(13)26)17-7-5-6-16(10-17)11-25(4)15(3)18-8-9-21-12-22-18/h5-10,12,15H,11H2,1-4H3,(H,23,24,26). The van der Waals surface area contributed by atoms with Crippen LogP contribution in [-0.4, -0.2) is 31.9 Å². The molecule has 6 heteroatoms. The number of aromatic nitrogens is 4. The fourth-order valence-electron chi connectivity index (χ4n) is 2.80. The van der Waals surface area contributed by atoms with Crippen LogP contribution in [0.15, 0.2) is 47.7 Å². The lowest BCUT2D eigenvalue weighted by Gasteiger charge is -2.24. The fraction of sp³-hybridized carbons (Fsp3) is 0.300. The molecule has 0 bridgehead atoms. The van der Waals surface area contributed by atoms with Gasteiger partial charge in [0.05, 0.1) is 5.69 Å². The van der Waals surface area contributed by atoms with Crippen molar-refractivity contribution in [1.29, 1.82) is 0 Å². The molecule has 0 spiro atoms. The second kappa shape index (κ2) is 7.58.